The fourth-order valence-corrected chi connectivity index (χ4v) is 3.31. The first-order valence-corrected chi connectivity index (χ1v) is 7.64. The van der Waals surface area contributed by atoms with E-state index in [-0.39, 0.29) is 6.04 Å². The molecule has 0 fully saturated rings. The number of thiophene rings is 1. The average Bonchev–Trinajstić information content (AvgIpc) is 2.68. The van der Waals surface area contributed by atoms with Crippen LogP contribution in [-0.4, -0.2) is 0 Å². The Morgan fingerprint density at radius 2 is 2.00 bits per heavy atom. The van der Waals surface area contributed by atoms with E-state index in [1.807, 2.05) is 0 Å². The molecule has 1 aromatic heterocycles. The summed E-state index contributed by atoms with van der Waals surface area (Å²) in [5, 5.41) is 2.07. The molecule has 0 aliphatic carbocycles. The second-order valence-electron chi connectivity index (χ2n) is 3.60. The van der Waals surface area contributed by atoms with Gasteiger partial charge in [-0.25, -0.2) is 0 Å². The first-order valence-electron chi connectivity index (χ1n) is 4.89. The zero-order chi connectivity index (χ0) is 11.5. The van der Waals surface area contributed by atoms with E-state index >= 15 is 0 Å². The van der Waals surface area contributed by atoms with Crippen molar-refractivity contribution in [2.75, 3.05) is 0 Å². The van der Waals surface area contributed by atoms with Gasteiger partial charge in [0.15, 0.2) is 0 Å². The van der Waals surface area contributed by atoms with Gasteiger partial charge in [-0.15, -0.1) is 11.3 Å². The van der Waals surface area contributed by atoms with Crippen molar-refractivity contribution in [1.29, 1.82) is 0 Å². The fourth-order valence-electron chi connectivity index (χ4n) is 1.50. The number of nitrogens with two attached hydrogens (primary N) is 1. The Morgan fingerprint density at radius 1 is 1.31 bits per heavy atom. The van der Waals surface area contributed by atoms with Crippen molar-refractivity contribution < 1.29 is 0 Å². The Hall–Kier alpha value is 0.0900. The van der Waals surface area contributed by atoms with Crippen LogP contribution < -0.4 is 5.73 Å². The summed E-state index contributed by atoms with van der Waals surface area (Å²) in [4.78, 5) is 1.23. The molecule has 0 radical (unpaired) electrons. The van der Waals surface area contributed by atoms with Gasteiger partial charge in [-0.3, -0.25) is 0 Å². The molecule has 0 bridgehead atoms. The van der Waals surface area contributed by atoms with Gasteiger partial charge in [-0.1, -0.05) is 12.1 Å². The molecule has 4 heteroatoms. The Labute approximate surface area is 121 Å². The highest BCUT2D eigenvalue weighted by Gasteiger charge is 2.09. The standard InChI is InChI=1S/C12H11BrINS/c13-9-6-12(16-7-9)11(15)5-8-1-3-10(14)4-2-8/h1-4,6-7,11H,5,15H2. The summed E-state index contributed by atoms with van der Waals surface area (Å²) in [7, 11) is 0. The van der Waals surface area contributed by atoms with Gasteiger partial charge in [0, 0.05) is 24.3 Å². The third-order valence-corrected chi connectivity index (χ3v) is 4.87. The second-order valence-corrected chi connectivity index (χ2v) is 6.71. The van der Waals surface area contributed by atoms with E-state index in [1.54, 1.807) is 11.3 Å². The first kappa shape index (κ1) is 12.5. The minimum absolute atomic E-state index is 0.0939. The van der Waals surface area contributed by atoms with Gasteiger partial charge in [-0.2, -0.15) is 0 Å². The smallest absolute Gasteiger partial charge is 0.0431 e. The topological polar surface area (TPSA) is 26.0 Å². The lowest BCUT2D eigenvalue weighted by molar-refractivity contribution is 0.736. The third kappa shape index (κ3) is 3.29. The third-order valence-electron chi connectivity index (χ3n) is 2.32. The van der Waals surface area contributed by atoms with Crippen LogP contribution in [0.25, 0.3) is 0 Å². The highest BCUT2D eigenvalue weighted by molar-refractivity contribution is 14.1. The van der Waals surface area contributed by atoms with Crippen LogP contribution in [0.5, 0.6) is 0 Å². The zero-order valence-electron chi connectivity index (χ0n) is 8.49. The van der Waals surface area contributed by atoms with Crippen LogP contribution in [-0.2, 0) is 6.42 Å². The van der Waals surface area contributed by atoms with Crippen molar-refractivity contribution in [2.24, 2.45) is 5.73 Å². The fraction of sp³-hybridized carbons (Fsp3) is 0.167. The Morgan fingerprint density at radius 3 is 2.56 bits per heavy atom. The van der Waals surface area contributed by atoms with Crippen LogP contribution in [0.3, 0.4) is 0 Å². The predicted octanol–water partition coefficient (Wildman–Crippen LogP) is 4.36. The maximum Gasteiger partial charge on any atom is 0.0431 e. The lowest BCUT2D eigenvalue weighted by atomic mass is 10.1. The highest BCUT2D eigenvalue weighted by atomic mass is 127. The molecular formula is C12H11BrINS. The maximum absolute atomic E-state index is 6.17. The van der Waals surface area contributed by atoms with Gasteiger partial charge in [0.25, 0.3) is 0 Å². The van der Waals surface area contributed by atoms with E-state index in [2.05, 4.69) is 74.2 Å². The molecule has 1 heterocycles. The average molecular weight is 408 g/mol. The SMILES string of the molecule is NC(Cc1ccc(I)cc1)c1cc(Br)cs1. The van der Waals surface area contributed by atoms with Crippen molar-refractivity contribution in [3.8, 4) is 0 Å². The summed E-state index contributed by atoms with van der Waals surface area (Å²) in [5.74, 6) is 0. The van der Waals surface area contributed by atoms with Crippen LogP contribution in [0.2, 0.25) is 0 Å². The molecule has 0 aliphatic rings. The molecule has 1 atom stereocenters. The van der Waals surface area contributed by atoms with Crippen molar-refractivity contribution in [1.82, 2.24) is 0 Å². The van der Waals surface area contributed by atoms with Gasteiger partial charge in [-0.05, 0) is 68.7 Å². The first-order chi connectivity index (χ1) is 7.65. The number of halogens is 2. The van der Waals surface area contributed by atoms with Crippen LogP contribution in [0.4, 0.5) is 0 Å². The molecule has 1 aromatic carbocycles. The molecule has 0 saturated heterocycles. The summed E-state index contributed by atoms with van der Waals surface area (Å²) >= 11 is 7.47. The van der Waals surface area contributed by atoms with Crippen LogP contribution >= 0.6 is 49.9 Å². The largest absolute Gasteiger partial charge is 0.323 e. The van der Waals surface area contributed by atoms with Crippen molar-refractivity contribution in [3.05, 3.63) is 54.2 Å². The summed E-state index contributed by atoms with van der Waals surface area (Å²) in [6.07, 6.45) is 0.893. The maximum atomic E-state index is 6.17. The number of rotatable bonds is 3. The van der Waals surface area contributed by atoms with E-state index < -0.39 is 0 Å². The molecule has 2 N–H and O–H groups in total. The number of hydrogen-bond donors (Lipinski definition) is 1. The quantitative estimate of drug-likeness (QED) is 0.751. The van der Waals surface area contributed by atoms with E-state index in [0.717, 1.165) is 10.9 Å². The van der Waals surface area contributed by atoms with E-state index in [4.69, 9.17) is 5.73 Å². The monoisotopic (exact) mass is 407 g/mol. The molecular weight excluding hydrogens is 397 g/mol. The van der Waals surface area contributed by atoms with Gasteiger partial charge in [0.1, 0.15) is 0 Å². The summed E-state index contributed by atoms with van der Waals surface area (Å²) < 4.78 is 2.37. The predicted molar refractivity (Wildman–Crippen MR) is 81.8 cm³/mol. The summed E-state index contributed by atoms with van der Waals surface area (Å²) in [6.45, 7) is 0. The summed E-state index contributed by atoms with van der Waals surface area (Å²) in [6, 6.07) is 10.7. The normalized spacial score (nSPS) is 12.7. The van der Waals surface area contributed by atoms with E-state index in [1.165, 1.54) is 14.0 Å². The zero-order valence-corrected chi connectivity index (χ0v) is 13.1. The second kappa shape index (κ2) is 5.62. The molecule has 16 heavy (non-hydrogen) atoms. The van der Waals surface area contributed by atoms with Crippen molar-refractivity contribution in [2.45, 2.75) is 12.5 Å². The lowest BCUT2D eigenvalue weighted by Gasteiger charge is -2.09. The Bertz CT molecular complexity index is 466. The lowest BCUT2D eigenvalue weighted by Crippen LogP contribution is -2.11. The van der Waals surface area contributed by atoms with Gasteiger partial charge in [0.2, 0.25) is 0 Å². The van der Waals surface area contributed by atoms with Crippen LogP contribution in [0, 0.1) is 3.57 Å². The van der Waals surface area contributed by atoms with Crippen molar-refractivity contribution >= 4 is 49.9 Å². The molecule has 2 rings (SSSR count). The van der Waals surface area contributed by atoms with Crippen LogP contribution in [0.15, 0.2) is 40.2 Å². The minimum atomic E-state index is 0.0939. The summed E-state index contributed by atoms with van der Waals surface area (Å²) in [5.41, 5.74) is 7.46. The minimum Gasteiger partial charge on any atom is -0.323 e. The molecule has 0 spiro atoms. The molecule has 0 amide bonds. The molecule has 0 aliphatic heterocycles. The molecule has 84 valence electrons. The number of hydrogen-bond acceptors (Lipinski definition) is 2. The molecule has 1 nitrogen and oxygen atoms in total. The van der Waals surface area contributed by atoms with Crippen molar-refractivity contribution in [3.63, 3.8) is 0 Å². The van der Waals surface area contributed by atoms with Crippen LogP contribution in [0.1, 0.15) is 16.5 Å². The van der Waals surface area contributed by atoms with Gasteiger partial charge in [0.05, 0.1) is 0 Å². The Kier molecular flexibility index (Phi) is 4.41. The molecule has 0 saturated carbocycles. The van der Waals surface area contributed by atoms with Gasteiger partial charge >= 0.3 is 0 Å². The highest BCUT2D eigenvalue weighted by Crippen LogP contribution is 2.26. The van der Waals surface area contributed by atoms with E-state index in [0.29, 0.717) is 0 Å². The molecule has 1 unspecified atom stereocenters. The number of benzene rings is 1. The Balaban J connectivity index is 2.07. The van der Waals surface area contributed by atoms with E-state index in [9.17, 15) is 0 Å². The van der Waals surface area contributed by atoms with Gasteiger partial charge < -0.3 is 5.73 Å². The molecule has 2 aromatic rings.